The Labute approximate surface area is 291 Å². The van der Waals surface area contributed by atoms with E-state index >= 15 is 0 Å². The van der Waals surface area contributed by atoms with E-state index in [0.29, 0.717) is 40.3 Å². The number of esters is 3. The summed E-state index contributed by atoms with van der Waals surface area (Å²) in [5, 5.41) is 0.668. The average molecular weight is 679 g/mol. The van der Waals surface area contributed by atoms with Gasteiger partial charge in [-0.1, -0.05) is 61.9 Å². The summed E-state index contributed by atoms with van der Waals surface area (Å²) in [7, 11) is 0. The molecule has 2 fully saturated rings. The molecule has 3 heterocycles. The number of ether oxygens (including phenoxy) is 3. The molecular formula is C40H39ClN2O6. The zero-order valence-electron chi connectivity index (χ0n) is 27.6. The van der Waals surface area contributed by atoms with Gasteiger partial charge in [0.05, 0.1) is 16.7 Å². The zero-order chi connectivity index (χ0) is 34.6. The summed E-state index contributed by atoms with van der Waals surface area (Å²) < 4.78 is 17.7. The number of carbonyl (C=O) groups is 3. The first kappa shape index (κ1) is 34.1. The van der Waals surface area contributed by atoms with Crippen molar-refractivity contribution < 1.29 is 28.6 Å². The third-order valence-corrected chi connectivity index (χ3v) is 10.7. The molecule has 0 bridgehead atoms. The van der Waals surface area contributed by atoms with Crippen LogP contribution in [0, 0.1) is 22.7 Å². The van der Waals surface area contributed by atoms with Crippen molar-refractivity contribution in [3.05, 3.63) is 143 Å². The smallest absolute Gasteiger partial charge is 0.343 e. The summed E-state index contributed by atoms with van der Waals surface area (Å²) in [4.78, 5) is 47.4. The Morgan fingerprint density at radius 1 is 1.02 bits per heavy atom. The SMILES string of the molecule is C=C1CC[C@H]2[C@](C)(COC(=O)c3cccnc3)[C@H](OC(=O)c3cccnc3)CC[C@@]2(C)C1/C=C/C1=CC(=C\Cc2ccc(Cl)cc2)/OC1=O. The van der Waals surface area contributed by atoms with Crippen LogP contribution < -0.4 is 0 Å². The normalized spacial score (nSPS) is 27.4. The Morgan fingerprint density at radius 2 is 1.71 bits per heavy atom. The van der Waals surface area contributed by atoms with Gasteiger partial charge in [0.2, 0.25) is 0 Å². The summed E-state index contributed by atoms with van der Waals surface area (Å²) >= 11 is 6.00. The van der Waals surface area contributed by atoms with E-state index < -0.39 is 29.4 Å². The molecule has 8 nitrogen and oxygen atoms in total. The van der Waals surface area contributed by atoms with Gasteiger partial charge in [-0.15, -0.1) is 0 Å². The van der Waals surface area contributed by atoms with Gasteiger partial charge in [0.25, 0.3) is 0 Å². The first-order chi connectivity index (χ1) is 23.6. The van der Waals surface area contributed by atoms with Crippen molar-refractivity contribution in [2.45, 2.75) is 52.1 Å². The van der Waals surface area contributed by atoms with Crippen LogP contribution in [0.2, 0.25) is 5.02 Å². The zero-order valence-corrected chi connectivity index (χ0v) is 28.4. The lowest BCUT2D eigenvalue weighted by molar-refractivity contribution is -0.150. The summed E-state index contributed by atoms with van der Waals surface area (Å²) in [5.74, 6) is -0.936. The second-order valence-electron chi connectivity index (χ2n) is 13.5. The molecule has 252 valence electrons. The quantitative estimate of drug-likeness (QED) is 0.127. The average Bonchev–Trinajstić information content (AvgIpc) is 3.47. The van der Waals surface area contributed by atoms with E-state index in [9.17, 15) is 14.4 Å². The maximum absolute atomic E-state index is 13.3. The summed E-state index contributed by atoms with van der Waals surface area (Å²) in [6.45, 7) is 8.79. The standard InChI is InChI=1S/C40H39ClN2O6/c1-26-8-17-34-39(2,33(26)16-12-28-22-32(48-37(28)45)15-11-27-9-13-31(41)14-10-27)19-18-35(49-38(46)30-7-5-21-43-24-30)40(34,3)25-47-36(44)29-6-4-20-42-23-29/h4-7,9-10,12-16,20-24,33-35H,1,8,11,17-19,25H2,2-3H3/b16-12+,32-15+/t33?,34-,35-,39+,40+/m1/s1. The van der Waals surface area contributed by atoms with Crippen LogP contribution in [0.3, 0.4) is 0 Å². The van der Waals surface area contributed by atoms with Crippen molar-refractivity contribution in [1.82, 2.24) is 9.97 Å². The molecule has 49 heavy (non-hydrogen) atoms. The third kappa shape index (κ3) is 7.30. The number of fused-ring (bicyclic) bond motifs is 1. The summed E-state index contributed by atoms with van der Waals surface area (Å²) in [6, 6.07) is 14.3. The molecule has 2 aliphatic carbocycles. The van der Waals surface area contributed by atoms with Crippen molar-refractivity contribution in [2.75, 3.05) is 6.61 Å². The van der Waals surface area contributed by atoms with Gasteiger partial charge < -0.3 is 14.2 Å². The number of nitrogens with zero attached hydrogens (tertiary/aromatic N) is 2. The van der Waals surface area contributed by atoms with E-state index in [1.54, 1.807) is 42.7 Å². The monoisotopic (exact) mass is 678 g/mol. The molecule has 9 heteroatoms. The molecule has 0 saturated heterocycles. The minimum Gasteiger partial charge on any atom is -0.461 e. The maximum atomic E-state index is 13.3. The second kappa shape index (κ2) is 14.3. The van der Waals surface area contributed by atoms with Crippen LogP contribution in [0.15, 0.2) is 121 Å². The summed E-state index contributed by atoms with van der Waals surface area (Å²) in [5.41, 5.74) is 2.26. The highest BCUT2D eigenvalue weighted by atomic mass is 35.5. The van der Waals surface area contributed by atoms with Crippen LogP contribution in [0.4, 0.5) is 0 Å². The van der Waals surface area contributed by atoms with Crippen molar-refractivity contribution in [1.29, 1.82) is 0 Å². The van der Waals surface area contributed by atoms with Crippen LogP contribution in [-0.4, -0.2) is 40.6 Å². The molecule has 5 atom stereocenters. The first-order valence-electron chi connectivity index (χ1n) is 16.5. The predicted octanol–water partition coefficient (Wildman–Crippen LogP) is 8.07. The third-order valence-electron chi connectivity index (χ3n) is 10.4. The second-order valence-corrected chi connectivity index (χ2v) is 14.0. The topological polar surface area (TPSA) is 105 Å². The minimum absolute atomic E-state index is 0.0124. The molecule has 0 amide bonds. The van der Waals surface area contributed by atoms with Gasteiger partial charge in [0.1, 0.15) is 18.5 Å². The van der Waals surface area contributed by atoms with Crippen LogP contribution in [0.25, 0.3) is 0 Å². The van der Waals surface area contributed by atoms with Crippen LogP contribution in [0.5, 0.6) is 0 Å². The minimum atomic E-state index is -0.724. The molecular weight excluding hydrogens is 640 g/mol. The van der Waals surface area contributed by atoms with E-state index in [2.05, 4.69) is 36.5 Å². The molecule has 2 saturated carbocycles. The van der Waals surface area contributed by atoms with Gasteiger partial charge >= 0.3 is 17.9 Å². The lowest BCUT2D eigenvalue weighted by Gasteiger charge is -2.59. The molecule has 0 N–H and O–H groups in total. The highest BCUT2D eigenvalue weighted by Crippen LogP contribution is 2.62. The molecule has 0 radical (unpaired) electrons. The Kier molecular flexibility index (Phi) is 9.97. The van der Waals surface area contributed by atoms with Gasteiger partial charge in [0, 0.05) is 41.1 Å². The molecule has 1 aromatic carbocycles. The van der Waals surface area contributed by atoms with Gasteiger partial charge in [-0.25, -0.2) is 14.4 Å². The molecule has 3 aliphatic rings. The maximum Gasteiger partial charge on any atom is 0.343 e. The van der Waals surface area contributed by atoms with E-state index in [1.807, 2.05) is 36.4 Å². The number of benzene rings is 1. The van der Waals surface area contributed by atoms with Crippen LogP contribution in [0.1, 0.15) is 65.8 Å². The fourth-order valence-corrected chi connectivity index (χ4v) is 7.91. The lowest BCUT2D eigenvalue weighted by atomic mass is 9.46. The molecule has 0 spiro atoms. The van der Waals surface area contributed by atoms with Crippen molar-refractivity contribution >= 4 is 29.5 Å². The Morgan fingerprint density at radius 3 is 2.39 bits per heavy atom. The van der Waals surface area contributed by atoms with Gasteiger partial charge in [0.15, 0.2) is 0 Å². The van der Waals surface area contributed by atoms with E-state index in [1.165, 1.54) is 12.4 Å². The van der Waals surface area contributed by atoms with Gasteiger partial charge in [-0.05, 0) is 97.6 Å². The number of halogens is 1. The largest absolute Gasteiger partial charge is 0.461 e. The lowest BCUT2D eigenvalue weighted by Crippen LogP contribution is -2.58. The first-order valence-corrected chi connectivity index (χ1v) is 16.9. The van der Waals surface area contributed by atoms with E-state index in [4.69, 9.17) is 25.8 Å². The fourth-order valence-electron chi connectivity index (χ4n) is 7.78. The number of aromatic nitrogens is 2. The van der Waals surface area contributed by atoms with Gasteiger partial charge in [-0.3, -0.25) is 9.97 Å². The number of allylic oxidation sites excluding steroid dienone is 4. The highest BCUT2D eigenvalue weighted by Gasteiger charge is 2.59. The van der Waals surface area contributed by atoms with E-state index in [-0.39, 0.29) is 23.9 Å². The Balaban J connectivity index is 1.25. The van der Waals surface area contributed by atoms with Crippen molar-refractivity contribution in [3.8, 4) is 0 Å². The molecule has 2 aromatic heterocycles. The van der Waals surface area contributed by atoms with Crippen LogP contribution in [-0.2, 0) is 25.4 Å². The Bertz CT molecular complexity index is 1820. The van der Waals surface area contributed by atoms with E-state index in [0.717, 1.165) is 30.4 Å². The number of hydrogen-bond donors (Lipinski definition) is 0. The van der Waals surface area contributed by atoms with Crippen molar-refractivity contribution in [2.24, 2.45) is 22.7 Å². The van der Waals surface area contributed by atoms with Crippen molar-refractivity contribution in [3.63, 3.8) is 0 Å². The molecule has 3 aromatic rings. The number of cyclic esters (lactones) is 1. The number of carbonyl (C=O) groups excluding carboxylic acids is 3. The number of rotatable bonds is 9. The number of pyridine rings is 2. The fraction of sp³-hybridized carbons (Fsp3) is 0.325. The molecule has 1 aliphatic heterocycles. The number of hydrogen-bond acceptors (Lipinski definition) is 8. The summed E-state index contributed by atoms with van der Waals surface area (Å²) in [6.07, 6.45) is 16.6. The Hall–Kier alpha value is -4.82. The molecule has 6 rings (SSSR count). The van der Waals surface area contributed by atoms with Crippen LogP contribution >= 0.6 is 11.6 Å². The predicted molar refractivity (Wildman–Crippen MR) is 185 cm³/mol. The highest BCUT2D eigenvalue weighted by molar-refractivity contribution is 6.30. The molecule has 1 unspecified atom stereocenters. The van der Waals surface area contributed by atoms with Gasteiger partial charge in [-0.2, -0.15) is 0 Å².